The fourth-order valence-electron chi connectivity index (χ4n) is 2.78. The molecule has 0 saturated heterocycles. The fraction of sp³-hybridized carbons (Fsp3) is 0.562. The van der Waals surface area contributed by atoms with Crippen LogP contribution in [-0.2, 0) is 17.6 Å². The molecule has 0 radical (unpaired) electrons. The van der Waals surface area contributed by atoms with Crippen molar-refractivity contribution in [2.45, 2.75) is 39.2 Å². The normalized spacial score (nSPS) is 15.8. The van der Waals surface area contributed by atoms with Crippen LogP contribution in [0.3, 0.4) is 0 Å². The maximum absolute atomic E-state index is 12.6. The molecule has 0 unspecified atom stereocenters. The summed E-state index contributed by atoms with van der Waals surface area (Å²) in [5.41, 5.74) is 2.31. The Balaban J connectivity index is 2.08. The molecule has 0 saturated carbocycles. The first-order valence-electron chi connectivity index (χ1n) is 7.16. The maximum Gasteiger partial charge on any atom is 0.242 e. The summed E-state index contributed by atoms with van der Waals surface area (Å²) in [6.07, 6.45) is 1.92. The molecule has 0 bridgehead atoms. The van der Waals surface area contributed by atoms with Crippen LogP contribution in [0.2, 0.25) is 0 Å². The summed E-state index contributed by atoms with van der Waals surface area (Å²) in [5.74, 6) is 0.210. The smallest absolute Gasteiger partial charge is 0.242 e. The molecule has 3 heteroatoms. The Kier molecular flexibility index (Phi) is 4.25. The fourth-order valence-corrected chi connectivity index (χ4v) is 2.78. The second kappa shape index (κ2) is 5.74. The first kappa shape index (κ1) is 14.1. The number of rotatable bonds is 3. The van der Waals surface area contributed by atoms with E-state index in [1.807, 2.05) is 25.7 Å². The lowest BCUT2D eigenvalue weighted by Gasteiger charge is -2.31. The van der Waals surface area contributed by atoms with Gasteiger partial charge in [-0.15, -0.1) is 0 Å². The van der Waals surface area contributed by atoms with Gasteiger partial charge < -0.3 is 10.2 Å². The zero-order chi connectivity index (χ0) is 13.9. The largest absolute Gasteiger partial charge is 0.340 e. The molecule has 0 spiro atoms. The number of carbonyl (C=O) groups excluding carboxylic acids is 1. The van der Waals surface area contributed by atoms with Gasteiger partial charge in [-0.25, -0.2) is 0 Å². The number of amides is 1. The molecule has 3 nitrogen and oxygen atoms in total. The molecular formula is C16H24N2O. The average molecular weight is 260 g/mol. The van der Waals surface area contributed by atoms with Crippen LogP contribution in [0.1, 0.15) is 31.9 Å². The van der Waals surface area contributed by atoms with Crippen LogP contribution in [0.15, 0.2) is 24.3 Å². The topological polar surface area (TPSA) is 32.3 Å². The monoisotopic (exact) mass is 260 g/mol. The van der Waals surface area contributed by atoms with Crippen molar-refractivity contribution in [3.05, 3.63) is 35.4 Å². The van der Waals surface area contributed by atoms with Crippen LogP contribution in [-0.4, -0.2) is 36.0 Å². The SMILES string of the molecule is CCNC(C)(C)C(=O)N1CCc2ccccc2CC1. The Hall–Kier alpha value is -1.35. The summed E-state index contributed by atoms with van der Waals surface area (Å²) >= 11 is 0. The molecule has 1 aliphatic heterocycles. The molecule has 1 aliphatic rings. The Bertz CT molecular complexity index is 427. The molecule has 1 N–H and O–H groups in total. The lowest BCUT2D eigenvalue weighted by Crippen LogP contribution is -2.54. The van der Waals surface area contributed by atoms with E-state index in [0.717, 1.165) is 32.5 Å². The molecule has 0 atom stereocenters. The lowest BCUT2D eigenvalue weighted by molar-refractivity contribution is -0.137. The van der Waals surface area contributed by atoms with E-state index in [1.165, 1.54) is 11.1 Å². The number of likely N-dealkylation sites (N-methyl/N-ethyl adjacent to an activating group) is 1. The Morgan fingerprint density at radius 3 is 2.21 bits per heavy atom. The third kappa shape index (κ3) is 3.16. The number of carbonyl (C=O) groups is 1. The highest BCUT2D eigenvalue weighted by Gasteiger charge is 2.31. The van der Waals surface area contributed by atoms with Gasteiger partial charge >= 0.3 is 0 Å². The minimum absolute atomic E-state index is 0.210. The number of hydrogen-bond acceptors (Lipinski definition) is 2. The van der Waals surface area contributed by atoms with Crippen molar-refractivity contribution in [3.8, 4) is 0 Å². The summed E-state index contributed by atoms with van der Waals surface area (Å²) in [4.78, 5) is 14.6. The standard InChI is InChI=1S/C16H24N2O/c1-4-17-16(2,3)15(19)18-11-9-13-7-5-6-8-14(13)10-12-18/h5-8,17H,4,9-12H2,1-3H3. The third-order valence-corrected chi connectivity index (χ3v) is 3.86. The molecule has 104 valence electrons. The van der Waals surface area contributed by atoms with Gasteiger partial charge in [-0.1, -0.05) is 31.2 Å². The first-order chi connectivity index (χ1) is 9.04. The average Bonchev–Trinajstić information content (AvgIpc) is 2.60. The number of fused-ring (bicyclic) bond motifs is 1. The summed E-state index contributed by atoms with van der Waals surface area (Å²) in [7, 11) is 0. The number of hydrogen-bond donors (Lipinski definition) is 1. The Labute approximate surface area is 116 Å². The van der Waals surface area contributed by atoms with Crippen molar-refractivity contribution in [1.29, 1.82) is 0 Å². The highest BCUT2D eigenvalue weighted by Crippen LogP contribution is 2.18. The van der Waals surface area contributed by atoms with Crippen molar-refractivity contribution < 1.29 is 4.79 Å². The van der Waals surface area contributed by atoms with Gasteiger partial charge in [0.25, 0.3) is 0 Å². The highest BCUT2D eigenvalue weighted by atomic mass is 16.2. The molecule has 0 fully saturated rings. The van der Waals surface area contributed by atoms with E-state index in [9.17, 15) is 4.79 Å². The van der Waals surface area contributed by atoms with E-state index in [2.05, 4.69) is 29.6 Å². The summed E-state index contributed by atoms with van der Waals surface area (Å²) < 4.78 is 0. The maximum atomic E-state index is 12.6. The quantitative estimate of drug-likeness (QED) is 0.901. The van der Waals surface area contributed by atoms with Crippen molar-refractivity contribution in [2.75, 3.05) is 19.6 Å². The lowest BCUT2D eigenvalue weighted by atomic mass is 10.0. The Morgan fingerprint density at radius 1 is 1.21 bits per heavy atom. The molecule has 19 heavy (non-hydrogen) atoms. The van der Waals surface area contributed by atoms with E-state index in [4.69, 9.17) is 0 Å². The number of nitrogens with one attached hydrogen (secondary N) is 1. The van der Waals surface area contributed by atoms with Crippen molar-refractivity contribution in [3.63, 3.8) is 0 Å². The van der Waals surface area contributed by atoms with E-state index in [-0.39, 0.29) is 5.91 Å². The second-order valence-corrected chi connectivity index (χ2v) is 5.72. The number of benzene rings is 1. The predicted octanol–water partition coefficient (Wildman–Crippen LogP) is 2.00. The van der Waals surface area contributed by atoms with E-state index >= 15 is 0 Å². The van der Waals surface area contributed by atoms with Crippen molar-refractivity contribution in [1.82, 2.24) is 10.2 Å². The molecule has 2 rings (SSSR count). The molecule has 1 aromatic rings. The first-order valence-corrected chi connectivity index (χ1v) is 7.16. The van der Waals surface area contributed by atoms with Gasteiger partial charge in [0, 0.05) is 13.1 Å². The van der Waals surface area contributed by atoms with Gasteiger partial charge in [0.2, 0.25) is 5.91 Å². The van der Waals surface area contributed by atoms with Crippen LogP contribution >= 0.6 is 0 Å². The zero-order valence-electron chi connectivity index (χ0n) is 12.2. The van der Waals surface area contributed by atoms with Crippen LogP contribution in [0.4, 0.5) is 0 Å². The predicted molar refractivity (Wildman–Crippen MR) is 78.2 cm³/mol. The van der Waals surface area contributed by atoms with Crippen molar-refractivity contribution in [2.24, 2.45) is 0 Å². The molecular weight excluding hydrogens is 236 g/mol. The van der Waals surface area contributed by atoms with Crippen LogP contribution in [0.25, 0.3) is 0 Å². The minimum atomic E-state index is -0.467. The van der Waals surface area contributed by atoms with Gasteiger partial charge in [-0.05, 0) is 44.4 Å². The molecule has 0 aromatic heterocycles. The zero-order valence-corrected chi connectivity index (χ0v) is 12.2. The molecule has 1 heterocycles. The van der Waals surface area contributed by atoms with Crippen LogP contribution in [0, 0.1) is 0 Å². The van der Waals surface area contributed by atoms with Gasteiger partial charge in [0.1, 0.15) is 0 Å². The van der Waals surface area contributed by atoms with Gasteiger partial charge in [-0.3, -0.25) is 4.79 Å². The van der Waals surface area contributed by atoms with Gasteiger partial charge in [0.05, 0.1) is 5.54 Å². The molecule has 1 aromatic carbocycles. The van der Waals surface area contributed by atoms with Crippen molar-refractivity contribution >= 4 is 5.91 Å². The summed E-state index contributed by atoms with van der Waals surface area (Å²) in [6, 6.07) is 8.52. The highest BCUT2D eigenvalue weighted by molar-refractivity contribution is 5.85. The van der Waals surface area contributed by atoms with E-state index in [1.54, 1.807) is 0 Å². The van der Waals surface area contributed by atoms with E-state index < -0.39 is 5.54 Å². The Morgan fingerprint density at radius 2 is 1.74 bits per heavy atom. The van der Waals surface area contributed by atoms with E-state index in [0.29, 0.717) is 0 Å². The minimum Gasteiger partial charge on any atom is -0.340 e. The second-order valence-electron chi connectivity index (χ2n) is 5.72. The van der Waals surface area contributed by atoms with Crippen LogP contribution < -0.4 is 5.32 Å². The number of nitrogens with zero attached hydrogens (tertiary/aromatic N) is 1. The third-order valence-electron chi connectivity index (χ3n) is 3.86. The summed E-state index contributed by atoms with van der Waals surface area (Å²) in [6.45, 7) is 8.43. The van der Waals surface area contributed by atoms with Gasteiger partial charge in [-0.2, -0.15) is 0 Å². The van der Waals surface area contributed by atoms with Gasteiger partial charge in [0.15, 0.2) is 0 Å². The summed E-state index contributed by atoms with van der Waals surface area (Å²) in [5, 5.41) is 3.27. The molecule has 1 amide bonds. The van der Waals surface area contributed by atoms with Crippen LogP contribution in [0.5, 0.6) is 0 Å². The molecule has 0 aliphatic carbocycles.